The molecule has 0 aliphatic heterocycles. The van der Waals surface area contributed by atoms with Crippen molar-refractivity contribution in [3.8, 4) is 0 Å². The van der Waals surface area contributed by atoms with Gasteiger partial charge in [0.25, 0.3) is 0 Å². The minimum absolute atomic E-state index is 0.0169. The van der Waals surface area contributed by atoms with Crippen molar-refractivity contribution >= 4 is 11.9 Å². The topological polar surface area (TPSA) is 75.1 Å². The number of hydrogen-bond acceptors (Lipinski definition) is 4. The normalized spacial score (nSPS) is 12.1. The van der Waals surface area contributed by atoms with Crippen LogP contribution in [-0.2, 0) is 0 Å². The number of aromatic carboxylic acids is 1. The lowest BCUT2D eigenvalue weighted by Crippen LogP contribution is -2.17. The molecule has 5 nitrogen and oxygen atoms in total. The van der Waals surface area contributed by atoms with Gasteiger partial charge in [0, 0.05) is 12.2 Å². The van der Waals surface area contributed by atoms with Gasteiger partial charge in [-0.15, -0.1) is 0 Å². The molecule has 0 radical (unpaired) electrons. The van der Waals surface area contributed by atoms with Gasteiger partial charge < -0.3 is 10.4 Å². The Morgan fingerprint density at radius 2 is 2.29 bits per heavy atom. The van der Waals surface area contributed by atoms with Crippen LogP contribution in [0.3, 0.4) is 0 Å². The van der Waals surface area contributed by atoms with Crippen LogP contribution in [0.25, 0.3) is 0 Å². The molecule has 1 rings (SSSR count). The first-order valence-corrected chi connectivity index (χ1v) is 5.96. The predicted molar refractivity (Wildman–Crippen MR) is 66.2 cm³/mol. The molecule has 1 unspecified atom stereocenters. The van der Waals surface area contributed by atoms with Gasteiger partial charge in [-0.05, 0) is 19.4 Å². The molecule has 0 aliphatic carbocycles. The second-order valence-electron chi connectivity index (χ2n) is 4.11. The van der Waals surface area contributed by atoms with Crippen LogP contribution >= 0.6 is 0 Å². The Labute approximate surface area is 101 Å². The van der Waals surface area contributed by atoms with Crippen molar-refractivity contribution < 1.29 is 9.90 Å². The summed E-state index contributed by atoms with van der Waals surface area (Å²) in [6, 6.07) is 1.64. The van der Waals surface area contributed by atoms with Gasteiger partial charge in [0.05, 0.1) is 0 Å². The quantitative estimate of drug-likeness (QED) is 0.713. The summed E-state index contributed by atoms with van der Waals surface area (Å²) in [6.45, 7) is 4.21. The highest BCUT2D eigenvalue weighted by molar-refractivity contribution is 5.85. The molecular weight excluding hydrogens is 218 g/mol. The van der Waals surface area contributed by atoms with Crippen LogP contribution in [-0.4, -0.2) is 27.1 Å². The fraction of sp³-hybridized carbons (Fsp3) is 0.583. The predicted octanol–water partition coefficient (Wildman–Crippen LogP) is 2.56. The van der Waals surface area contributed by atoms with Gasteiger partial charge in [-0.2, -0.15) is 0 Å². The Morgan fingerprint density at radius 3 is 2.94 bits per heavy atom. The summed E-state index contributed by atoms with van der Waals surface area (Å²) in [4.78, 5) is 18.7. The number of unbranched alkanes of at least 4 members (excludes halogenated alkanes) is 2. The van der Waals surface area contributed by atoms with E-state index < -0.39 is 5.97 Å². The number of nitrogens with zero attached hydrogens (tertiary/aromatic N) is 2. The number of anilines is 1. The van der Waals surface area contributed by atoms with Gasteiger partial charge in [-0.1, -0.05) is 26.2 Å². The summed E-state index contributed by atoms with van der Waals surface area (Å²) in [5.74, 6) is -0.650. The Balaban J connectivity index is 2.50. The Kier molecular flexibility index (Phi) is 5.39. The van der Waals surface area contributed by atoms with Crippen LogP contribution in [0.5, 0.6) is 0 Å². The molecule has 1 aromatic rings. The third kappa shape index (κ3) is 4.80. The zero-order chi connectivity index (χ0) is 12.7. The minimum Gasteiger partial charge on any atom is -0.477 e. The fourth-order valence-electron chi connectivity index (χ4n) is 1.54. The standard InChI is InChI=1S/C12H19N3O2/c1-3-4-5-6-9(2)14-12-13-8-7-10(15-12)11(16)17/h7-9H,3-6H2,1-2H3,(H,16,17)(H,13,14,15). The first-order valence-electron chi connectivity index (χ1n) is 5.96. The second-order valence-corrected chi connectivity index (χ2v) is 4.11. The van der Waals surface area contributed by atoms with Gasteiger partial charge >= 0.3 is 5.97 Å². The summed E-state index contributed by atoms with van der Waals surface area (Å²) < 4.78 is 0. The van der Waals surface area contributed by atoms with Crippen LogP contribution < -0.4 is 5.32 Å². The smallest absolute Gasteiger partial charge is 0.354 e. The Hall–Kier alpha value is -1.65. The van der Waals surface area contributed by atoms with E-state index in [0.717, 1.165) is 12.8 Å². The van der Waals surface area contributed by atoms with E-state index in [1.165, 1.54) is 25.1 Å². The number of carboxylic acids is 1. The first-order chi connectivity index (χ1) is 8.13. The van der Waals surface area contributed by atoms with Crippen LogP contribution in [0.4, 0.5) is 5.95 Å². The van der Waals surface area contributed by atoms with E-state index in [0.29, 0.717) is 5.95 Å². The van der Waals surface area contributed by atoms with Crippen molar-refractivity contribution in [3.05, 3.63) is 18.0 Å². The van der Waals surface area contributed by atoms with E-state index in [2.05, 4.69) is 22.2 Å². The maximum Gasteiger partial charge on any atom is 0.354 e. The third-order valence-electron chi connectivity index (χ3n) is 2.49. The van der Waals surface area contributed by atoms with E-state index in [1.807, 2.05) is 6.92 Å². The summed E-state index contributed by atoms with van der Waals surface area (Å²) >= 11 is 0. The van der Waals surface area contributed by atoms with E-state index in [1.54, 1.807) is 0 Å². The molecule has 94 valence electrons. The van der Waals surface area contributed by atoms with Crippen molar-refractivity contribution in [3.63, 3.8) is 0 Å². The van der Waals surface area contributed by atoms with Crippen LogP contribution in [0.1, 0.15) is 50.0 Å². The second kappa shape index (κ2) is 6.83. The van der Waals surface area contributed by atoms with Gasteiger partial charge in [0.2, 0.25) is 5.95 Å². The molecule has 0 saturated carbocycles. The van der Waals surface area contributed by atoms with Gasteiger partial charge in [-0.3, -0.25) is 0 Å². The van der Waals surface area contributed by atoms with E-state index >= 15 is 0 Å². The summed E-state index contributed by atoms with van der Waals surface area (Å²) in [5, 5.41) is 11.9. The monoisotopic (exact) mass is 237 g/mol. The lowest BCUT2D eigenvalue weighted by molar-refractivity contribution is 0.0690. The molecule has 0 aliphatic rings. The number of carboxylic acid groups (broad SMARTS) is 1. The zero-order valence-electron chi connectivity index (χ0n) is 10.3. The molecule has 0 fully saturated rings. The number of carbonyl (C=O) groups is 1. The minimum atomic E-state index is -1.03. The van der Waals surface area contributed by atoms with E-state index in [4.69, 9.17) is 5.11 Å². The maximum atomic E-state index is 10.7. The Bertz CT molecular complexity index is 369. The molecular formula is C12H19N3O2. The number of rotatable bonds is 7. The SMILES string of the molecule is CCCCCC(C)Nc1nccc(C(=O)O)n1. The molecule has 5 heteroatoms. The summed E-state index contributed by atoms with van der Waals surface area (Å²) in [7, 11) is 0. The molecule has 17 heavy (non-hydrogen) atoms. The van der Waals surface area contributed by atoms with Gasteiger partial charge in [0.1, 0.15) is 0 Å². The largest absolute Gasteiger partial charge is 0.477 e. The average Bonchev–Trinajstić information content (AvgIpc) is 2.29. The van der Waals surface area contributed by atoms with E-state index in [-0.39, 0.29) is 11.7 Å². The highest BCUT2D eigenvalue weighted by Crippen LogP contribution is 2.08. The van der Waals surface area contributed by atoms with Gasteiger partial charge in [-0.25, -0.2) is 14.8 Å². The molecule has 1 aromatic heterocycles. The lowest BCUT2D eigenvalue weighted by atomic mass is 10.1. The van der Waals surface area contributed by atoms with E-state index in [9.17, 15) is 4.79 Å². The molecule has 0 amide bonds. The highest BCUT2D eigenvalue weighted by atomic mass is 16.4. The van der Waals surface area contributed by atoms with Gasteiger partial charge in [0.15, 0.2) is 5.69 Å². The van der Waals surface area contributed by atoms with Crippen molar-refractivity contribution in [2.24, 2.45) is 0 Å². The lowest BCUT2D eigenvalue weighted by Gasteiger charge is -2.13. The summed E-state index contributed by atoms with van der Waals surface area (Å²) in [6.07, 6.45) is 6.05. The van der Waals surface area contributed by atoms with Crippen molar-refractivity contribution in [1.29, 1.82) is 0 Å². The molecule has 1 atom stereocenters. The number of hydrogen-bond donors (Lipinski definition) is 2. The molecule has 0 aromatic carbocycles. The van der Waals surface area contributed by atoms with Crippen LogP contribution in [0, 0.1) is 0 Å². The van der Waals surface area contributed by atoms with Crippen LogP contribution in [0.15, 0.2) is 12.3 Å². The number of nitrogens with one attached hydrogen (secondary N) is 1. The highest BCUT2D eigenvalue weighted by Gasteiger charge is 2.08. The molecule has 0 saturated heterocycles. The summed E-state index contributed by atoms with van der Waals surface area (Å²) in [5.41, 5.74) is 0.0169. The zero-order valence-corrected chi connectivity index (χ0v) is 10.3. The van der Waals surface area contributed by atoms with Crippen molar-refractivity contribution in [2.45, 2.75) is 45.6 Å². The molecule has 0 bridgehead atoms. The molecule has 2 N–H and O–H groups in total. The maximum absolute atomic E-state index is 10.7. The fourth-order valence-corrected chi connectivity index (χ4v) is 1.54. The molecule has 1 heterocycles. The number of aromatic nitrogens is 2. The van der Waals surface area contributed by atoms with Crippen LogP contribution in [0.2, 0.25) is 0 Å². The molecule has 0 spiro atoms. The first kappa shape index (κ1) is 13.4. The third-order valence-corrected chi connectivity index (χ3v) is 2.49. The Morgan fingerprint density at radius 1 is 1.53 bits per heavy atom. The average molecular weight is 237 g/mol. The van der Waals surface area contributed by atoms with Crippen molar-refractivity contribution in [1.82, 2.24) is 9.97 Å². The van der Waals surface area contributed by atoms with Crippen molar-refractivity contribution in [2.75, 3.05) is 5.32 Å².